The van der Waals surface area contributed by atoms with Crippen LogP contribution in [0.5, 0.6) is 0 Å². The van der Waals surface area contributed by atoms with Gasteiger partial charge in [0.25, 0.3) is 0 Å². The Balaban J connectivity index is 2.55. The summed E-state index contributed by atoms with van der Waals surface area (Å²) in [6.07, 6.45) is 6.30. The first-order valence-corrected chi connectivity index (χ1v) is 8.03. The average molecular weight is 319 g/mol. The summed E-state index contributed by atoms with van der Waals surface area (Å²) in [4.78, 5) is 1.33. The molecule has 0 saturated heterocycles. The first-order chi connectivity index (χ1) is 8.21. The summed E-state index contributed by atoms with van der Waals surface area (Å²) in [6, 6.07) is 4.55. The maximum Gasteiger partial charge on any atom is 0.0702 e. The van der Waals surface area contributed by atoms with Gasteiger partial charge in [0, 0.05) is 4.88 Å². The minimum Gasteiger partial charge on any atom is -0.271 e. The van der Waals surface area contributed by atoms with Crippen LogP contribution in [0.4, 0.5) is 0 Å². The molecule has 1 aromatic rings. The Bertz CT molecular complexity index is 314. The minimum absolute atomic E-state index is 0.299. The highest BCUT2D eigenvalue weighted by Crippen LogP contribution is 2.32. The van der Waals surface area contributed by atoms with Gasteiger partial charge in [-0.3, -0.25) is 11.3 Å². The van der Waals surface area contributed by atoms with Gasteiger partial charge in [-0.05, 0) is 40.4 Å². The molecule has 0 fully saturated rings. The molecule has 17 heavy (non-hydrogen) atoms. The highest BCUT2D eigenvalue weighted by Gasteiger charge is 2.17. The van der Waals surface area contributed by atoms with Crippen molar-refractivity contribution >= 4 is 27.3 Å². The van der Waals surface area contributed by atoms with Gasteiger partial charge < -0.3 is 0 Å². The lowest BCUT2D eigenvalue weighted by Crippen LogP contribution is -2.29. The summed E-state index contributed by atoms with van der Waals surface area (Å²) in [5.74, 6) is 6.46. The SMILES string of the molecule is CCCCC(CC)CC(NN)c1ccc(Br)s1. The largest absolute Gasteiger partial charge is 0.271 e. The normalized spacial score (nSPS) is 14.8. The molecule has 0 spiro atoms. The van der Waals surface area contributed by atoms with E-state index >= 15 is 0 Å². The van der Waals surface area contributed by atoms with E-state index in [1.165, 1.54) is 34.3 Å². The van der Waals surface area contributed by atoms with E-state index in [1.807, 2.05) is 0 Å². The molecule has 0 aliphatic rings. The van der Waals surface area contributed by atoms with E-state index in [0.29, 0.717) is 6.04 Å². The molecule has 2 unspecified atom stereocenters. The Morgan fingerprint density at radius 3 is 2.65 bits per heavy atom. The zero-order valence-corrected chi connectivity index (χ0v) is 13.1. The minimum atomic E-state index is 0.299. The van der Waals surface area contributed by atoms with Gasteiger partial charge in [-0.15, -0.1) is 11.3 Å². The molecule has 4 heteroatoms. The Morgan fingerprint density at radius 2 is 2.18 bits per heavy atom. The van der Waals surface area contributed by atoms with Crippen LogP contribution in [0.2, 0.25) is 0 Å². The molecule has 98 valence electrons. The number of thiophene rings is 1. The van der Waals surface area contributed by atoms with Crippen molar-refractivity contribution in [3.05, 3.63) is 20.8 Å². The van der Waals surface area contributed by atoms with E-state index in [2.05, 4.69) is 47.3 Å². The molecule has 0 aromatic carbocycles. The van der Waals surface area contributed by atoms with Gasteiger partial charge in [-0.2, -0.15) is 0 Å². The number of hydrogen-bond acceptors (Lipinski definition) is 3. The van der Waals surface area contributed by atoms with Crippen molar-refractivity contribution in [2.24, 2.45) is 11.8 Å². The number of hydrogen-bond donors (Lipinski definition) is 2. The lowest BCUT2D eigenvalue weighted by molar-refractivity contribution is 0.359. The number of halogens is 1. The monoisotopic (exact) mass is 318 g/mol. The molecule has 0 bridgehead atoms. The molecular weight excluding hydrogens is 296 g/mol. The van der Waals surface area contributed by atoms with E-state index in [1.54, 1.807) is 11.3 Å². The zero-order chi connectivity index (χ0) is 12.7. The Hall–Kier alpha value is 0.1000. The zero-order valence-electron chi connectivity index (χ0n) is 10.7. The third-order valence-corrected chi connectivity index (χ3v) is 4.99. The van der Waals surface area contributed by atoms with Gasteiger partial charge in [-0.1, -0.05) is 39.5 Å². The number of nitrogens with two attached hydrogens (primary N) is 1. The summed E-state index contributed by atoms with van der Waals surface area (Å²) in [5, 5.41) is 0. The summed E-state index contributed by atoms with van der Waals surface area (Å²) in [6.45, 7) is 4.53. The maximum atomic E-state index is 5.69. The standard InChI is InChI=1S/C13H23BrN2S/c1-3-5-6-10(4-2)9-11(16-15)12-7-8-13(14)17-12/h7-8,10-11,16H,3-6,9,15H2,1-2H3. The molecule has 0 amide bonds. The third kappa shape index (κ3) is 5.08. The van der Waals surface area contributed by atoms with Crippen molar-refractivity contribution < 1.29 is 0 Å². The first kappa shape index (κ1) is 15.2. The molecule has 1 rings (SSSR count). The van der Waals surface area contributed by atoms with E-state index in [0.717, 1.165) is 12.3 Å². The highest BCUT2D eigenvalue weighted by molar-refractivity contribution is 9.11. The fourth-order valence-electron chi connectivity index (χ4n) is 2.10. The highest BCUT2D eigenvalue weighted by atomic mass is 79.9. The summed E-state index contributed by atoms with van der Waals surface area (Å²) in [7, 11) is 0. The van der Waals surface area contributed by atoms with Crippen LogP contribution in [-0.2, 0) is 0 Å². The van der Waals surface area contributed by atoms with Crippen molar-refractivity contribution in [1.29, 1.82) is 0 Å². The molecular formula is C13H23BrN2S. The Morgan fingerprint density at radius 1 is 1.41 bits per heavy atom. The number of hydrazine groups is 1. The van der Waals surface area contributed by atoms with Crippen molar-refractivity contribution in [3.63, 3.8) is 0 Å². The second-order valence-electron chi connectivity index (χ2n) is 4.51. The van der Waals surface area contributed by atoms with E-state index in [-0.39, 0.29) is 0 Å². The Kier molecular flexibility index (Phi) is 7.35. The second-order valence-corrected chi connectivity index (χ2v) is 7.01. The van der Waals surface area contributed by atoms with Crippen LogP contribution in [0.3, 0.4) is 0 Å². The predicted octanol–water partition coefficient (Wildman–Crippen LogP) is 4.62. The van der Waals surface area contributed by atoms with Crippen molar-refractivity contribution in [3.8, 4) is 0 Å². The van der Waals surface area contributed by atoms with Crippen LogP contribution in [0.25, 0.3) is 0 Å². The summed E-state index contributed by atoms with van der Waals surface area (Å²) >= 11 is 5.28. The number of rotatable bonds is 8. The van der Waals surface area contributed by atoms with Crippen LogP contribution in [0, 0.1) is 5.92 Å². The molecule has 1 aromatic heterocycles. The second kappa shape index (κ2) is 8.25. The smallest absolute Gasteiger partial charge is 0.0702 e. The predicted molar refractivity (Wildman–Crippen MR) is 80.0 cm³/mol. The number of nitrogens with one attached hydrogen (secondary N) is 1. The van der Waals surface area contributed by atoms with Gasteiger partial charge in [0.1, 0.15) is 0 Å². The van der Waals surface area contributed by atoms with Crippen LogP contribution < -0.4 is 11.3 Å². The summed E-state index contributed by atoms with van der Waals surface area (Å²) < 4.78 is 1.18. The molecule has 2 nitrogen and oxygen atoms in total. The molecule has 1 heterocycles. The first-order valence-electron chi connectivity index (χ1n) is 6.42. The third-order valence-electron chi connectivity index (χ3n) is 3.25. The summed E-state index contributed by atoms with van der Waals surface area (Å²) in [5.41, 5.74) is 2.96. The van der Waals surface area contributed by atoms with Gasteiger partial charge in [0.15, 0.2) is 0 Å². The van der Waals surface area contributed by atoms with Gasteiger partial charge in [0.05, 0.1) is 9.83 Å². The van der Waals surface area contributed by atoms with Crippen LogP contribution >= 0.6 is 27.3 Å². The van der Waals surface area contributed by atoms with Gasteiger partial charge in [-0.25, -0.2) is 0 Å². The van der Waals surface area contributed by atoms with E-state index in [9.17, 15) is 0 Å². The van der Waals surface area contributed by atoms with Gasteiger partial charge >= 0.3 is 0 Å². The maximum absolute atomic E-state index is 5.69. The van der Waals surface area contributed by atoms with Crippen LogP contribution in [-0.4, -0.2) is 0 Å². The lowest BCUT2D eigenvalue weighted by Gasteiger charge is -2.21. The average Bonchev–Trinajstić information content (AvgIpc) is 2.76. The fourth-order valence-corrected chi connectivity index (χ4v) is 3.59. The fraction of sp³-hybridized carbons (Fsp3) is 0.692. The lowest BCUT2D eigenvalue weighted by atomic mass is 9.92. The molecule has 0 radical (unpaired) electrons. The topological polar surface area (TPSA) is 38.0 Å². The molecule has 0 aliphatic heterocycles. The van der Waals surface area contributed by atoms with Crippen molar-refractivity contribution in [2.45, 2.75) is 52.0 Å². The van der Waals surface area contributed by atoms with Gasteiger partial charge in [0.2, 0.25) is 0 Å². The van der Waals surface area contributed by atoms with E-state index < -0.39 is 0 Å². The molecule has 3 N–H and O–H groups in total. The molecule has 0 aliphatic carbocycles. The molecule has 0 saturated carbocycles. The molecule has 2 atom stereocenters. The van der Waals surface area contributed by atoms with Crippen LogP contribution in [0.15, 0.2) is 15.9 Å². The van der Waals surface area contributed by atoms with E-state index in [4.69, 9.17) is 5.84 Å². The van der Waals surface area contributed by atoms with Crippen molar-refractivity contribution in [2.75, 3.05) is 0 Å². The van der Waals surface area contributed by atoms with Crippen LogP contribution in [0.1, 0.15) is 56.9 Å². The van der Waals surface area contributed by atoms with Crippen molar-refractivity contribution in [1.82, 2.24) is 5.43 Å². The number of unbranched alkanes of at least 4 members (excludes halogenated alkanes) is 1. The Labute approximate surface area is 117 Å². The quantitative estimate of drug-likeness (QED) is 0.542.